The molecule has 3 aliphatic rings. The van der Waals surface area contributed by atoms with Gasteiger partial charge in [0.2, 0.25) is 5.91 Å². The number of aryl methyl sites for hydroxylation is 1. The first-order valence-corrected chi connectivity index (χ1v) is 15.5. The van der Waals surface area contributed by atoms with Crippen LogP contribution in [-0.2, 0) is 16.0 Å². The van der Waals surface area contributed by atoms with Gasteiger partial charge in [0.25, 0.3) is 0 Å². The van der Waals surface area contributed by atoms with Gasteiger partial charge in [-0.3, -0.25) is 9.59 Å². The van der Waals surface area contributed by atoms with Gasteiger partial charge < -0.3 is 9.80 Å². The Kier molecular flexibility index (Phi) is 9.54. The second-order valence-corrected chi connectivity index (χ2v) is 11.6. The summed E-state index contributed by atoms with van der Waals surface area (Å²) >= 11 is 0. The van der Waals surface area contributed by atoms with Crippen LogP contribution in [0.25, 0.3) is 22.8 Å². The van der Waals surface area contributed by atoms with Gasteiger partial charge in [-0.1, -0.05) is 62.8 Å². The first kappa shape index (κ1) is 30.4. The first-order valence-electron chi connectivity index (χ1n) is 15.5. The molecule has 5 rings (SSSR count). The van der Waals surface area contributed by atoms with Crippen molar-refractivity contribution in [3.05, 3.63) is 107 Å². The second kappa shape index (κ2) is 13.5. The lowest BCUT2D eigenvalue weighted by molar-refractivity contribution is -0.127. The van der Waals surface area contributed by atoms with Crippen molar-refractivity contribution in [2.24, 2.45) is 0 Å². The molecular weight excluding hydrogens is 542 g/mol. The number of hydrogen-bond donors (Lipinski definition) is 0. The quantitative estimate of drug-likeness (QED) is 0.235. The highest BCUT2D eigenvalue weighted by Crippen LogP contribution is 2.40. The number of ketones is 1. The third-order valence-corrected chi connectivity index (χ3v) is 8.70. The Labute approximate surface area is 253 Å². The number of carbonyl (C=O) groups is 2. The van der Waals surface area contributed by atoms with Crippen molar-refractivity contribution < 1.29 is 18.4 Å². The third kappa shape index (κ3) is 6.48. The first-order chi connectivity index (χ1) is 20.8. The smallest absolute Gasteiger partial charge is 0.222 e. The zero-order chi connectivity index (χ0) is 30.5. The van der Waals surface area contributed by atoms with Gasteiger partial charge in [-0.2, -0.15) is 0 Å². The van der Waals surface area contributed by atoms with E-state index in [4.69, 9.17) is 0 Å². The lowest BCUT2D eigenvalue weighted by Crippen LogP contribution is -2.27. The Hall–Kier alpha value is -4.06. The van der Waals surface area contributed by atoms with Gasteiger partial charge in [-0.05, 0) is 85.1 Å². The average Bonchev–Trinajstić information content (AvgIpc) is 3.43. The second-order valence-electron chi connectivity index (χ2n) is 11.6. The number of unbranched alkanes of at least 4 members (excludes halogenated alkanes) is 3. The normalized spacial score (nSPS) is 16.4. The summed E-state index contributed by atoms with van der Waals surface area (Å²) in [4.78, 5) is 29.2. The summed E-state index contributed by atoms with van der Waals surface area (Å²) in [6, 6.07) is 8.26. The summed E-state index contributed by atoms with van der Waals surface area (Å²) in [5.41, 5.74) is 6.31. The maximum atomic E-state index is 15.4. The van der Waals surface area contributed by atoms with Gasteiger partial charge in [0, 0.05) is 49.0 Å². The van der Waals surface area contributed by atoms with Crippen LogP contribution in [0.5, 0.6) is 0 Å². The van der Waals surface area contributed by atoms with E-state index in [9.17, 15) is 14.0 Å². The van der Waals surface area contributed by atoms with Crippen molar-refractivity contribution in [3.63, 3.8) is 0 Å². The molecule has 0 aliphatic carbocycles. The molecule has 1 saturated heterocycles. The van der Waals surface area contributed by atoms with Crippen LogP contribution in [0.3, 0.4) is 0 Å². The number of hydrogen-bond acceptors (Lipinski definition) is 3. The number of fused-ring (bicyclic) bond motifs is 1. The molecule has 0 unspecified atom stereocenters. The van der Waals surface area contributed by atoms with Crippen molar-refractivity contribution in [1.82, 2.24) is 9.80 Å². The molecule has 0 N–H and O–H groups in total. The Bertz CT molecular complexity index is 1560. The molecule has 3 aliphatic heterocycles. The topological polar surface area (TPSA) is 40.6 Å². The molecular formula is C37H40F2N2O2. The fraction of sp³-hybridized carbons (Fsp3) is 0.351. The Balaban J connectivity index is 1.36. The van der Waals surface area contributed by atoms with Crippen LogP contribution < -0.4 is 0 Å². The van der Waals surface area contributed by atoms with E-state index in [-0.39, 0.29) is 22.8 Å². The van der Waals surface area contributed by atoms with Crippen molar-refractivity contribution in [2.45, 2.75) is 71.6 Å². The molecule has 0 saturated carbocycles. The van der Waals surface area contributed by atoms with Crippen LogP contribution >= 0.6 is 0 Å². The minimum Gasteiger partial charge on any atom is -0.343 e. The molecule has 1 amide bonds. The number of rotatable bonds is 12. The van der Waals surface area contributed by atoms with Crippen molar-refractivity contribution in [3.8, 4) is 11.1 Å². The largest absolute Gasteiger partial charge is 0.343 e. The standard InChI is InChI=1S/C37H40F2N2O2/c1-4-26-12-10-13-29(37(26)30-23-31(38)27(5-2)22-32(30)39)28-17-19-33-25(3)16-18-34(41(33)24-28)35(42)14-8-6-7-9-20-40-21-11-15-36(40)43/h5,10,12-13,17-19,22-24H,2,4,6-9,11,14-16,20-21H2,1,3H3. The molecule has 43 heavy (non-hydrogen) atoms. The minimum atomic E-state index is -0.520. The van der Waals surface area contributed by atoms with Crippen LogP contribution in [-0.4, -0.2) is 34.6 Å². The molecule has 0 atom stereocenters. The summed E-state index contributed by atoms with van der Waals surface area (Å²) in [6.45, 7) is 9.35. The predicted octanol–water partition coefficient (Wildman–Crippen LogP) is 8.75. The molecule has 0 radical (unpaired) electrons. The number of benzene rings is 2. The van der Waals surface area contributed by atoms with Crippen LogP contribution in [0.15, 0.2) is 78.3 Å². The van der Waals surface area contributed by atoms with Gasteiger partial charge in [0.05, 0.1) is 5.70 Å². The maximum Gasteiger partial charge on any atom is 0.222 e. The van der Waals surface area contributed by atoms with Gasteiger partial charge in [-0.15, -0.1) is 0 Å². The van der Waals surface area contributed by atoms with E-state index >= 15 is 4.39 Å². The molecule has 0 spiro atoms. The highest BCUT2D eigenvalue weighted by Gasteiger charge is 2.27. The number of allylic oxidation sites excluding steroid dienone is 6. The summed E-state index contributed by atoms with van der Waals surface area (Å²) in [7, 11) is 0. The molecule has 2 aromatic carbocycles. The van der Waals surface area contributed by atoms with Crippen molar-refractivity contribution in [1.29, 1.82) is 0 Å². The molecule has 3 heterocycles. The molecule has 0 bridgehead atoms. The minimum absolute atomic E-state index is 0.0984. The van der Waals surface area contributed by atoms with E-state index in [0.29, 0.717) is 36.9 Å². The van der Waals surface area contributed by atoms with Gasteiger partial charge in [0.1, 0.15) is 11.6 Å². The Morgan fingerprint density at radius 1 is 1.05 bits per heavy atom. The lowest BCUT2D eigenvalue weighted by atomic mass is 9.87. The number of amides is 1. The Morgan fingerprint density at radius 3 is 2.60 bits per heavy atom. The monoisotopic (exact) mass is 582 g/mol. The van der Waals surface area contributed by atoms with Gasteiger partial charge in [-0.25, -0.2) is 8.78 Å². The number of Topliss-reactive ketones (excluding diaryl/α,β-unsaturated/α-hetero) is 1. The van der Waals surface area contributed by atoms with Gasteiger partial charge in [0.15, 0.2) is 5.78 Å². The Morgan fingerprint density at radius 2 is 1.86 bits per heavy atom. The number of nitrogens with zero attached hydrogens (tertiary/aromatic N) is 2. The van der Waals surface area contributed by atoms with E-state index in [1.165, 1.54) is 18.2 Å². The zero-order valence-corrected chi connectivity index (χ0v) is 25.2. The van der Waals surface area contributed by atoms with Crippen LogP contribution in [0.2, 0.25) is 0 Å². The third-order valence-electron chi connectivity index (χ3n) is 8.70. The predicted molar refractivity (Wildman–Crippen MR) is 170 cm³/mol. The fourth-order valence-electron chi connectivity index (χ4n) is 6.28. The van der Waals surface area contributed by atoms with Crippen LogP contribution in [0, 0.1) is 11.6 Å². The van der Waals surface area contributed by atoms with E-state index in [2.05, 4.69) is 13.5 Å². The van der Waals surface area contributed by atoms with E-state index in [1.807, 2.05) is 59.4 Å². The molecule has 224 valence electrons. The summed E-state index contributed by atoms with van der Waals surface area (Å²) in [5.74, 6) is -0.663. The average molecular weight is 583 g/mol. The van der Waals surface area contributed by atoms with Crippen molar-refractivity contribution in [2.75, 3.05) is 13.1 Å². The highest BCUT2D eigenvalue weighted by molar-refractivity contribution is 5.97. The molecule has 4 nitrogen and oxygen atoms in total. The van der Waals surface area contributed by atoms with E-state index < -0.39 is 11.6 Å². The molecule has 6 heteroatoms. The molecule has 1 fully saturated rings. The SMILES string of the molecule is C=Cc1cc(F)c(-c2c(CC)cccc2C2=CN3C(C(=O)CCCCCCN4CCCC4=O)=CCC(C)=C3C=C2)cc1F. The van der Waals surface area contributed by atoms with E-state index in [1.54, 1.807) is 0 Å². The van der Waals surface area contributed by atoms with Crippen LogP contribution in [0.1, 0.15) is 81.9 Å². The summed E-state index contributed by atoms with van der Waals surface area (Å²) < 4.78 is 30.3. The number of halogens is 2. The summed E-state index contributed by atoms with van der Waals surface area (Å²) in [6.07, 6.45) is 16.5. The molecule has 2 aromatic rings. The molecule has 0 aromatic heterocycles. The van der Waals surface area contributed by atoms with Crippen LogP contribution in [0.4, 0.5) is 8.78 Å². The van der Waals surface area contributed by atoms with E-state index in [0.717, 1.165) is 73.2 Å². The number of likely N-dealkylation sites (tertiary alicyclic amines) is 1. The maximum absolute atomic E-state index is 15.4. The van der Waals surface area contributed by atoms with Crippen molar-refractivity contribution >= 4 is 23.3 Å². The summed E-state index contributed by atoms with van der Waals surface area (Å²) in [5, 5.41) is 0. The van der Waals surface area contributed by atoms with Gasteiger partial charge >= 0.3 is 0 Å². The number of carbonyl (C=O) groups excluding carboxylic acids is 2. The fourth-order valence-corrected chi connectivity index (χ4v) is 6.28. The zero-order valence-electron chi connectivity index (χ0n) is 25.2. The highest BCUT2D eigenvalue weighted by atomic mass is 19.1. The lowest BCUT2D eigenvalue weighted by Gasteiger charge is -2.33.